The van der Waals surface area contributed by atoms with Crippen molar-refractivity contribution in [2.45, 2.75) is 26.3 Å². The number of hydrogen-bond donors (Lipinski definition) is 0. The Morgan fingerprint density at radius 1 is 1.50 bits per heavy atom. The van der Waals surface area contributed by atoms with Crippen LogP contribution in [0.25, 0.3) is 6.08 Å². The first-order valence-corrected chi connectivity index (χ1v) is 8.13. The van der Waals surface area contributed by atoms with Crippen LogP contribution in [0.4, 0.5) is 0 Å². The van der Waals surface area contributed by atoms with Crippen molar-refractivity contribution in [2.75, 3.05) is 0 Å². The van der Waals surface area contributed by atoms with E-state index in [1.807, 2.05) is 43.8 Å². The summed E-state index contributed by atoms with van der Waals surface area (Å²) in [5.41, 5.74) is 0.856. The second kappa shape index (κ2) is 6.66. The normalized spacial score (nSPS) is 18.5. The lowest BCUT2D eigenvalue weighted by Crippen LogP contribution is -2.50. The van der Waals surface area contributed by atoms with Crippen LogP contribution in [-0.2, 0) is 16.6 Å². The molecule has 1 fully saturated rings. The highest BCUT2D eigenvalue weighted by Crippen LogP contribution is 2.35. The van der Waals surface area contributed by atoms with E-state index < -0.39 is 12.0 Å². The van der Waals surface area contributed by atoms with Gasteiger partial charge in [-0.15, -0.1) is 0 Å². The van der Waals surface area contributed by atoms with Gasteiger partial charge in [0.05, 0.1) is 16.9 Å². The quantitative estimate of drug-likeness (QED) is 0.600. The van der Waals surface area contributed by atoms with Gasteiger partial charge >= 0.3 is 0 Å². The molecule has 1 aliphatic heterocycles. The fourth-order valence-corrected chi connectivity index (χ4v) is 3.60. The number of aliphatic carboxylic acids is 1. The van der Waals surface area contributed by atoms with Crippen LogP contribution in [0.2, 0.25) is 0 Å². The van der Waals surface area contributed by atoms with Gasteiger partial charge in [-0.25, -0.2) is 0 Å². The van der Waals surface area contributed by atoms with E-state index >= 15 is 0 Å². The number of rotatable bonds is 5. The Labute approximate surface area is 139 Å². The maximum absolute atomic E-state index is 12.5. The number of carboxylic acid groups (broad SMARTS) is 1. The predicted octanol–water partition coefficient (Wildman–Crippen LogP) is 1.39. The first kappa shape index (κ1) is 16.8. The molecule has 0 spiro atoms. The Morgan fingerprint density at radius 3 is 2.68 bits per heavy atom. The fraction of sp³-hybridized carbons (Fsp3) is 0.400. The maximum atomic E-state index is 12.5. The van der Waals surface area contributed by atoms with Crippen molar-refractivity contribution in [1.82, 2.24) is 9.47 Å². The van der Waals surface area contributed by atoms with Gasteiger partial charge in [-0.05, 0) is 30.5 Å². The average Bonchev–Trinajstić information content (AvgIpc) is 2.93. The highest BCUT2D eigenvalue weighted by molar-refractivity contribution is 8.26. The molecule has 1 aromatic heterocycles. The number of amides is 1. The van der Waals surface area contributed by atoms with Gasteiger partial charge in [-0.3, -0.25) is 9.69 Å². The topological polar surface area (TPSA) is 65.4 Å². The number of aryl methyl sites for hydroxylation is 1. The SMILES string of the molecule is CC(C)C[C@H](C(=O)[O-])N1C(=O)/C(=C\c2cccn2C)SC1=S. The largest absolute Gasteiger partial charge is 0.548 e. The molecular weight excluding hydrogens is 320 g/mol. The van der Waals surface area contributed by atoms with E-state index in [2.05, 4.69) is 0 Å². The lowest BCUT2D eigenvalue weighted by molar-refractivity contribution is -0.310. The zero-order valence-electron chi connectivity index (χ0n) is 12.6. The van der Waals surface area contributed by atoms with Gasteiger partial charge in [-0.1, -0.05) is 37.8 Å². The molecule has 0 N–H and O–H groups in total. The summed E-state index contributed by atoms with van der Waals surface area (Å²) < 4.78 is 2.14. The van der Waals surface area contributed by atoms with Crippen molar-refractivity contribution in [3.8, 4) is 0 Å². The van der Waals surface area contributed by atoms with Crippen LogP contribution in [0.3, 0.4) is 0 Å². The number of carbonyl (C=O) groups is 2. The van der Waals surface area contributed by atoms with E-state index in [1.165, 1.54) is 4.90 Å². The first-order chi connectivity index (χ1) is 10.3. The molecule has 0 saturated carbocycles. The summed E-state index contributed by atoms with van der Waals surface area (Å²) in [5, 5.41) is 11.4. The summed E-state index contributed by atoms with van der Waals surface area (Å²) in [7, 11) is 1.87. The minimum Gasteiger partial charge on any atom is -0.548 e. The van der Waals surface area contributed by atoms with Gasteiger partial charge in [0, 0.05) is 18.9 Å². The number of thiocarbonyl (C=S) groups is 1. The standard InChI is InChI=1S/C15H18N2O3S2/c1-9(2)7-11(14(19)20)17-13(18)12(22-15(17)21)8-10-5-4-6-16(10)3/h4-6,8-9,11H,7H2,1-3H3,(H,19,20)/p-1/b12-8+/t11-/m1/s1. The van der Waals surface area contributed by atoms with E-state index in [1.54, 1.807) is 6.08 Å². The highest BCUT2D eigenvalue weighted by Gasteiger charge is 2.38. The van der Waals surface area contributed by atoms with E-state index in [4.69, 9.17) is 12.2 Å². The lowest BCUT2D eigenvalue weighted by Gasteiger charge is -2.28. The molecule has 1 aliphatic rings. The Bertz CT molecular complexity index is 649. The summed E-state index contributed by atoms with van der Waals surface area (Å²) in [6.07, 6.45) is 3.91. The minimum absolute atomic E-state index is 0.115. The van der Waals surface area contributed by atoms with Crippen LogP contribution in [0.15, 0.2) is 23.2 Å². The number of aromatic nitrogens is 1. The van der Waals surface area contributed by atoms with Gasteiger partial charge in [-0.2, -0.15) is 0 Å². The van der Waals surface area contributed by atoms with Crippen LogP contribution >= 0.6 is 24.0 Å². The first-order valence-electron chi connectivity index (χ1n) is 6.90. The van der Waals surface area contributed by atoms with Gasteiger partial charge < -0.3 is 14.5 Å². The van der Waals surface area contributed by atoms with E-state index in [-0.39, 0.29) is 16.1 Å². The fourth-order valence-electron chi connectivity index (χ4n) is 2.26. The number of carbonyl (C=O) groups excluding carboxylic acids is 2. The van der Waals surface area contributed by atoms with Crippen LogP contribution in [0.5, 0.6) is 0 Å². The third-order valence-electron chi connectivity index (χ3n) is 3.36. The zero-order valence-corrected chi connectivity index (χ0v) is 14.2. The molecule has 7 heteroatoms. The van der Waals surface area contributed by atoms with Gasteiger partial charge in [0.1, 0.15) is 4.32 Å². The highest BCUT2D eigenvalue weighted by atomic mass is 32.2. The summed E-state index contributed by atoms with van der Waals surface area (Å²) in [6.45, 7) is 3.79. The van der Waals surface area contributed by atoms with Crippen molar-refractivity contribution >= 4 is 46.3 Å². The maximum Gasteiger partial charge on any atom is 0.266 e. The van der Waals surface area contributed by atoms with Gasteiger partial charge in [0.2, 0.25) is 0 Å². The summed E-state index contributed by atoms with van der Waals surface area (Å²) in [4.78, 5) is 25.5. The third kappa shape index (κ3) is 3.41. The molecular formula is C15H17N2O3S2-. The summed E-state index contributed by atoms with van der Waals surface area (Å²) in [5.74, 6) is -1.53. The van der Waals surface area contributed by atoms with Crippen molar-refractivity contribution in [2.24, 2.45) is 13.0 Å². The molecule has 1 atom stereocenters. The third-order valence-corrected chi connectivity index (χ3v) is 4.70. The summed E-state index contributed by atoms with van der Waals surface area (Å²) >= 11 is 6.33. The van der Waals surface area contributed by atoms with Crippen LogP contribution in [-0.4, -0.2) is 31.7 Å². The van der Waals surface area contributed by atoms with E-state index in [0.717, 1.165) is 17.5 Å². The monoisotopic (exact) mass is 337 g/mol. The molecule has 0 aliphatic carbocycles. The smallest absolute Gasteiger partial charge is 0.266 e. The molecule has 118 valence electrons. The molecule has 0 radical (unpaired) electrons. The second-order valence-corrected chi connectivity index (χ2v) is 7.24. The van der Waals surface area contributed by atoms with Crippen molar-refractivity contribution in [3.05, 3.63) is 28.9 Å². The van der Waals surface area contributed by atoms with Crippen LogP contribution in [0, 0.1) is 5.92 Å². The molecule has 1 saturated heterocycles. The van der Waals surface area contributed by atoms with Gasteiger partial charge in [0.15, 0.2) is 0 Å². The lowest BCUT2D eigenvalue weighted by atomic mass is 10.0. The Kier molecular flexibility index (Phi) is 5.08. The molecule has 0 unspecified atom stereocenters. The minimum atomic E-state index is -1.27. The van der Waals surface area contributed by atoms with E-state index in [9.17, 15) is 14.7 Å². The molecule has 0 bridgehead atoms. The molecule has 22 heavy (non-hydrogen) atoms. The van der Waals surface area contributed by atoms with Crippen molar-refractivity contribution in [3.63, 3.8) is 0 Å². The molecule has 1 aromatic rings. The van der Waals surface area contributed by atoms with Crippen molar-refractivity contribution < 1.29 is 14.7 Å². The Morgan fingerprint density at radius 2 is 2.18 bits per heavy atom. The Balaban J connectivity index is 2.30. The number of hydrogen-bond acceptors (Lipinski definition) is 5. The summed E-state index contributed by atoms with van der Waals surface area (Å²) in [6, 6.07) is 2.72. The molecule has 1 amide bonds. The molecule has 5 nitrogen and oxygen atoms in total. The predicted molar refractivity (Wildman–Crippen MR) is 88.7 cm³/mol. The Hall–Kier alpha value is -1.60. The second-order valence-electron chi connectivity index (χ2n) is 5.56. The van der Waals surface area contributed by atoms with E-state index in [0.29, 0.717) is 11.3 Å². The molecule has 2 heterocycles. The molecule has 0 aromatic carbocycles. The number of nitrogens with zero attached hydrogens (tertiary/aromatic N) is 2. The van der Waals surface area contributed by atoms with Crippen LogP contribution in [0.1, 0.15) is 26.0 Å². The zero-order chi connectivity index (χ0) is 16.4. The van der Waals surface area contributed by atoms with Gasteiger partial charge in [0.25, 0.3) is 5.91 Å². The molecule has 2 rings (SSSR count). The van der Waals surface area contributed by atoms with Crippen LogP contribution < -0.4 is 5.11 Å². The number of carboxylic acids is 1. The average molecular weight is 337 g/mol. The number of thioether (sulfide) groups is 1. The van der Waals surface area contributed by atoms with Crippen molar-refractivity contribution in [1.29, 1.82) is 0 Å².